The zero-order valence-electron chi connectivity index (χ0n) is 25.1. The number of carbonyl (C=O) groups is 3. The molecule has 3 rings (SSSR count). The molecule has 0 saturated carbocycles. The molecule has 4 N–H and O–H groups in total. The van der Waals surface area contributed by atoms with Gasteiger partial charge < -0.3 is 25.5 Å². The quantitative estimate of drug-likeness (QED) is 0.0891. The molecule has 4 atom stereocenters. The number of carbonyl (C=O) groups excluding carboxylic acids is 3. The van der Waals surface area contributed by atoms with E-state index in [1.165, 1.54) is 0 Å². The second kappa shape index (κ2) is 17.7. The zero-order chi connectivity index (χ0) is 31.0. The molecule has 3 aromatic rings. The van der Waals surface area contributed by atoms with Crippen LogP contribution in [0.2, 0.25) is 0 Å². The van der Waals surface area contributed by atoms with Gasteiger partial charge in [0, 0.05) is 29.6 Å². The number of hydrogen-bond acceptors (Lipinski definition) is 5. The van der Waals surface area contributed by atoms with Crippen LogP contribution in [0.4, 0.5) is 0 Å². The van der Waals surface area contributed by atoms with Crippen LogP contribution in [0, 0.1) is 11.8 Å². The second-order valence-electron chi connectivity index (χ2n) is 11.1. The summed E-state index contributed by atoms with van der Waals surface area (Å²) in [6, 6.07) is 16.8. The molecule has 1 aromatic heterocycles. The number of aromatic amines is 1. The van der Waals surface area contributed by atoms with Gasteiger partial charge in [-0.2, -0.15) is 0 Å². The minimum absolute atomic E-state index is 0.00855. The van der Waals surface area contributed by atoms with Crippen LogP contribution in [-0.2, 0) is 32.0 Å². The predicted octanol–water partition coefficient (Wildman–Crippen LogP) is 5.03. The number of ether oxygens (including phenoxy) is 1. The Morgan fingerprint density at radius 1 is 0.977 bits per heavy atom. The Hall–Kier alpha value is -4.17. The van der Waals surface area contributed by atoms with E-state index in [0.29, 0.717) is 25.7 Å². The fourth-order valence-electron chi connectivity index (χ4n) is 5.14. The molecule has 0 saturated heterocycles. The molecular formula is C35H45N3O5. The van der Waals surface area contributed by atoms with Crippen molar-refractivity contribution in [2.24, 2.45) is 11.8 Å². The summed E-state index contributed by atoms with van der Waals surface area (Å²) in [7, 11) is 0. The molecule has 8 nitrogen and oxygen atoms in total. The van der Waals surface area contributed by atoms with Gasteiger partial charge in [-0.1, -0.05) is 60.7 Å². The van der Waals surface area contributed by atoms with Gasteiger partial charge in [-0.3, -0.25) is 14.4 Å². The summed E-state index contributed by atoms with van der Waals surface area (Å²) >= 11 is 0. The van der Waals surface area contributed by atoms with Gasteiger partial charge in [-0.15, -0.1) is 13.2 Å². The Bertz CT molecular complexity index is 1340. The Morgan fingerprint density at radius 3 is 2.44 bits per heavy atom. The summed E-state index contributed by atoms with van der Waals surface area (Å²) in [5.74, 6) is -1.93. The van der Waals surface area contributed by atoms with Gasteiger partial charge in [0.05, 0.1) is 24.5 Å². The monoisotopic (exact) mass is 587 g/mol. The van der Waals surface area contributed by atoms with Crippen molar-refractivity contribution in [1.29, 1.82) is 0 Å². The topological polar surface area (TPSA) is 121 Å². The van der Waals surface area contributed by atoms with E-state index in [4.69, 9.17) is 4.74 Å². The number of fused-ring (bicyclic) bond motifs is 1. The molecule has 0 fully saturated rings. The highest BCUT2D eigenvalue weighted by Crippen LogP contribution is 2.21. The second-order valence-corrected chi connectivity index (χ2v) is 11.1. The zero-order valence-corrected chi connectivity index (χ0v) is 25.1. The summed E-state index contributed by atoms with van der Waals surface area (Å²) in [5.41, 5.74) is 3.02. The van der Waals surface area contributed by atoms with Gasteiger partial charge >= 0.3 is 5.97 Å². The van der Waals surface area contributed by atoms with Crippen molar-refractivity contribution in [2.75, 3.05) is 13.2 Å². The third-order valence-electron chi connectivity index (χ3n) is 7.47. The number of para-hydroxylation sites is 1. The number of nitrogens with one attached hydrogen (secondary N) is 3. The van der Waals surface area contributed by atoms with Crippen LogP contribution in [0.25, 0.3) is 10.9 Å². The van der Waals surface area contributed by atoms with E-state index in [-0.39, 0.29) is 43.3 Å². The number of allylic oxidation sites excluding steroid dienone is 2. The van der Waals surface area contributed by atoms with E-state index in [2.05, 4.69) is 28.8 Å². The van der Waals surface area contributed by atoms with Gasteiger partial charge in [-0.25, -0.2) is 0 Å². The Morgan fingerprint density at radius 2 is 1.72 bits per heavy atom. The number of unbranched alkanes of at least 4 members (excludes halogenated alkanes) is 1. The van der Waals surface area contributed by atoms with Crippen LogP contribution in [0.1, 0.15) is 50.2 Å². The van der Waals surface area contributed by atoms with Gasteiger partial charge in [0.15, 0.2) is 0 Å². The lowest BCUT2D eigenvalue weighted by atomic mass is 9.94. The van der Waals surface area contributed by atoms with E-state index in [0.717, 1.165) is 34.9 Å². The third-order valence-corrected chi connectivity index (χ3v) is 7.47. The summed E-state index contributed by atoms with van der Waals surface area (Å²) in [6.45, 7) is 9.03. The SMILES string of the molecule is C=CCCCC(Cc1ccccc1)C(=O)OCC(Cc1c[nH]c2ccccc12)NC(=O)C(CC=C)CC(=O)NC(C)CO. The number of aliphatic hydroxyl groups is 1. The maximum Gasteiger partial charge on any atom is 0.309 e. The fourth-order valence-corrected chi connectivity index (χ4v) is 5.14. The van der Waals surface area contributed by atoms with Crippen LogP contribution in [0.5, 0.6) is 0 Å². The summed E-state index contributed by atoms with van der Waals surface area (Å²) < 4.78 is 5.90. The number of amides is 2. The molecule has 8 heteroatoms. The summed E-state index contributed by atoms with van der Waals surface area (Å²) in [5, 5.41) is 16.0. The third kappa shape index (κ3) is 10.9. The van der Waals surface area contributed by atoms with E-state index in [1.807, 2.05) is 66.9 Å². The molecule has 230 valence electrons. The van der Waals surface area contributed by atoms with Crippen molar-refractivity contribution in [1.82, 2.24) is 15.6 Å². The van der Waals surface area contributed by atoms with Crippen LogP contribution in [-0.4, -0.2) is 53.2 Å². The van der Waals surface area contributed by atoms with E-state index in [9.17, 15) is 19.5 Å². The standard InChI is InChI=1S/C35H45N3O5/c1-4-6-8-16-28(19-26-14-9-7-10-15-26)35(42)43-24-30(20-29-22-36-32-18-12-11-17-31(29)32)38-34(41)27(13-5-2)21-33(40)37-25(3)23-39/h4-5,7,9-12,14-15,17-18,22,25,27-28,30,36,39H,1-2,6,8,13,16,19-21,23-24H2,3H3,(H,37,40)(H,38,41). The lowest BCUT2D eigenvalue weighted by Crippen LogP contribution is -2.45. The number of hydrogen-bond donors (Lipinski definition) is 4. The normalized spacial score (nSPS) is 13.8. The lowest BCUT2D eigenvalue weighted by molar-refractivity contribution is -0.150. The first-order valence-corrected chi connectivity index (χ1v) is 15.0. The molecule has 0 radical (unpaired) electrons. The van der Waals surface area contributed by atoms with E-state index < -0.39 is 18.0 Å². The minimum Gasteiger partial charge on any atom is -0.463 e. The van der Waals surface area contributed by atoms with Crippen LogP contribution < -0.4 is 10.6 Å². The highest BCUT2D eigenvalue weighted by Gasteiger charge is 2.27. The fraction of sp³-hybridized carbons (Fsp3) is 0.400. The molecular weight excluding hydrogens is 542 g/mol. The first-order chi connectivity index (χ1) is 20.8. The summed E-state index contributed by atoms with van der Waals surface area (Å²) in [4.78, 5) is 42.7. The number of aliphatic hydroxyl groups excluding tert-OH is 1. The minimum atomic E-state index is -0.658. The molecule has 0 aliphatic heterocycles. The van der Waals surface area contributed by atoms with Crippen molar-refractivity contribution >= 4 is 28.7 Å². The van der Waals surface area contributed by atoms with Crippen molar-refractivity contribution in [3.05, 3.63) is 97.2 Å². The van der Waals surface area contributed by atoms with Gasteiger partial charge in [0.1, 0.15) is 6.61 Å². The number of H-pyrrole nitrogens is 1. The molecule has 0 spiro atoms. The highest BCUT2D eigenvalue weighted by atomic mass is 16.5. The molecule has 0 bridgehead atoms. The van der Waals surface area contributed by atoms with Gasteiger partial charge in [0.25, 0.3) is 0 Å². The smallest absolute Gasteiger partial charge is 0.309 e. The Kier molecular flexibility index (Phi) is 13.7. The lowest BCUT2D eigenvalue weighted by Gasteiger charge is -2.24. The first kappa shape index (κ1) is 33.3. The summed E-state index contributed by atoms with van der Waals surface area (Å²) in [6.07, 6.45) is 8.92. The van der Waals surface area contributed by atoms with Crippen molar-refractivity contribution in [2.45, 2.75) is 64.0 Å². The number of aromatic nitrogens is 1. The highest BCUT2D eigenvalue weighted by molar-refractivity contribution is 5.86. The predicted molar refractivity (Wildman–Crippen MR) is 170 cm³/mol. The van der Waals surface area contributed by atoms with Gasteiger partial charge in [-0.05, 0) is 62.6 Å². The van der Waals surface area contributed by atoms with E-state index in [1.54, 1.807) is 13.0 Å². The maximum atomic E-state index is 13.5. The maximum absolute atomic E-state index is 13.5. The number of benzene rings is 2. The van der Waals surface area contributed by atoms with Gasteiger partial charge in [0.2, 0.25) is 11.8 Å². The Labute approximate surface area is 254 Å². The number of esters is 1. The van der Waals surface area contributed by atoms with Crippen molar-refractivity contribution < 1.29 is 24.2 Å². The Balaban J connectivity index is 1.76. The number of rotatable bonds is 19. The molecule has 4 unspecified atom stereocenters. The molecule has 0 aliphatic carbocycles. The average molecular weight is 588 g/mol. The van der Waals surface area contributed by atoms with Crippen LogP contribution in [0.3, 0.4) is 0 Å². The average Bonchev–Trinajstić information content (AvgIpc) is 3.42. The van der Waals surface area contributed by atoms with Crippen molar-refractivity contribution in [3.8, 4) is 0 Å². The molecule has 1 heterocycles. The van der Waals surface area contributed by atoms with Crippen LogP contribution in [0.15, 0.2) is 86.1 Å². The first-order valence-electron chi connectivity index (χ1n) is 15.0. The molecule has 0 aliphatic rings. The largest absolute Gasteiger partial charge is 0.463 e. The van der Waals surface area contributed by atoms with E-state index >= 15 is 0 Å². The van der Waals surface area contributed by atoms with Crippen molar-refractivity contribution in [3.63, 3.8) is 0 Å². The molecule has 2 amide bonds. The van der Waals surface area contributed by atoms with Crippen LogP contribution >= 0.6 is 0 Å². The molecule has 2 aromatic carbocycles. The molecule has 43 heavy (non-hydrogen) atoms.